The summed E-state index contributed by atoms with van der Waals surface area (Å²) in [5, 5.41) is 0.657. The summed E-state index contributed by atoms with van der Waals surface area (Å²) in [5.74, 6) is 1.46. The third-order valence-electron chi connectivity index (χ3n) is 2.75. The summed E-state index contributed by atoms with van der Waals surface area (Å²) < 4.78 is 5.66. The molecule has 16 heavy (non-hydrogen) atoms. The van der Waals surface area contributed by atoms with Crippen LogP contribution in [-0.4, -0.2) is 12.9 Å². The first kappa shape index (κ1) is 11.5. The summed E-state index contributed by atoms with van der Waals surface area (Å²) in [7, 11) is 0. The molecule has 0 aliphatic heterocycles. The number of benzene rings is 1. The molecule has 1 aliphatic rings. The second-order valence-corrected chi connectivity index (χ2v) is 4.57. The van der Waals surface area contributed by atoms with E-state index in [0.717, 1.165) is 30.1 Å². The van der Waals surface area contributed by atoms with Crippen molar-refractivity contribution >= 4 is 17.9 Å². The molecular formula is C13H15ClO2. The number of carbonyl (C=O) groups is 1. The second-order valence-electron chi connectivity index (χ2n) is 4.19. The number of rotatable bonds is 6. The van der Waals surface area contributed by atoms with Crippen molar-refractivity contribution in [3.8, 4) is 5.75 Å². The summed E-state index contributed by atoms with van der Waals surface area (Å²) in [6.45, 7) is 0.761. The van der Waals surface area contributed by atoms with Gasteiger partial charge in [0.05, 0.1) is 11.6 Å². The maximum Gasteiger partial charge on any atom is 0.138 e. The van der Waals surface area contributed by atoms with E-state index in [4.69, 9.17) is 16.3 Å². The van der Waals surface area contributed by atoms with Gasteiger partial charge in [-0.05, 0) is 36.8 Å². The minimum atomic E-state index is 0.506. The van der Waals surface area contributed by atoms with Gasteiger partial charge in [0.15, 0.2) is 0 Å². The molecular weight excluding hydrogens is 224 g/mol. The number of ether oxygens (including phenoxy) is 1. The van der Waals surface area contributed by atoms with Crippen LogP contribution < -0.4 is 4.74 Å². The van der Waals surface area contributed by atoms with Crippen LogP contribution in [0.3, 0.4) is 0 Å². The summed E-state index contributed by atoms with van der Waals surface area (Å²) in [5.41, 5.74) is 0.988. The highest BCUT2D eigenvalue weighted by Crippen LogP contribution is 2.33. The minimum absolute atomic E-state index is 0.506. The first-order valence-electron chi connectivity index (χ1n) is 5.65. The molecule has 0 unspecified atom stereocenters. The van der Waals surface area contributed by atoms with Crippen LogP contribution >= 0.6 is 11.6 Å². The van der Waals surface area contributed by atoms with Crippen LogP contribution in [0.15, 0.2) is 18.2 Å². The lowest BCUT2D eigenvalue weighted by atomic mass is 10.1. The summed E-state index contributed by atoms with van der Waals surface area (Å²) in [4.78, 5) is 10.3. The molecule has 3 heteroatoms. The largest absolute Gasteiger partial charge is 0.492 e. The topological polar surface area (TPSA) is 26.3 Å². The van der Waals surface area contributed by atoms with Gasteiger partial charge in [0.25, 0.3) is 0 Å². The van der Waals surface area contributed by atoms with E-state index < -0.39 is 0 Å². The Kier molecular flexibility index (Phi) is 3.83. The Bertz CT molecular complexity index is 372. The Balaban J connectivity index is 2.01. The molecule has 0 radical (unpaired) electrons. The number of aryl methyl sites for hydroxylation is 1. The van der Waals surface area contributed by atoms with Crippen molar-refractivity contribution in [1.29, 1.82) is 0 Å². The van der Waals surface area contributed by atoms with Gasteiger partial charge in [0.2, 0.25) is 0 Å². The normalized spacial score (nSPS) is 14.8. The van der Waals surface area contributed by atoms with Gasteiger partial charge in [-0.1, -0.05) is 23.7 Å². The molecule has 1 aromatic rings. The van der Waals surface area contributed by atoms with Crippen molar-refractivity contribution in [2.45, 2.75) is 25.7 Å². The predicted molar refractivity (Wildman–Crippen MR) is 64.1 cm³/mol. The highest BCUT2D eigenvalue weighted by molar-refractivity contribution is 6.32. The van der Waals surface area contributed by atoms with E-state index in [1.165, 1.54) is 12.8 Å². The molecule has 0 aromatic heterocycles. The first-order chi connectivity index (χ1) is 7.81. The van der Waals surface area contributed by atoms with Crippen LogP contribution in [0.4, 0.5) is 0 Å². The Hall–Kier alpha value is -1.02. The minimum Gasteiger partial charge on any atom is -0.492 e. The molecule has 1 saturated carbocycles. The fourth-order valence-electron chi connectivity index (χ4n) is 1.57. The molecule has 86 valence electrons. The maximum atomic E-state index is 10.3. The number of halogens is 1. The average Bonchev–Trinajstić information content (AvgIpc) is 3.10. The molecule has 0 bridgehead atoms. The molecule has 2 rings (SSSR count). The van der Waals surface area contributed by atoms with Crippen LogP contribution in [0.1, 0.15) is 24.8 Å². The Morgan fingerprint density at radius 1 is 1.44 bits per heavy atom. The average molecular weight is 239 g/mol. The number of carbonyl (C=O) groups excluding carboxylic acids is 1. The van der Waals surface area contributed by atoms with Gasteiger partial charge in [-0.2, -0.15) is 0 Å². The predicted octanol–water partition coefficient (Wildman–Crippen LogP) is 3.26. The van der Waals surface area contributed by atoms with E-state index in [1.54, 1.807) is 0 Å². The molecule has 0 heterocycles. The first-order valence-corrected chi connectivity index (χ1v) is 6.03. The Morgan fingerprint density at radius 2 is 2.25 bits per heavy atom. The van der Waals surface area contributed by atoms with Gasteiger partial charge in [0.1, 0.15) is 12.0 Å². The van der Waals surface area contributed by atoms with E-state index in [2.05, 4.69) is 0 Å². The van der Waals surface area contributed by atoms with Crippen molar-refractivity contribution in [2.24, 2.45) is 5.92 Å². The fourth-order valence-corrected chi connectivity index (χ4v) is 1.84. The zero-order valence-electron chi connectivity index (χ0n) is 9.12. The summed E-state index contributed by atoms with van der Waals surface area (Å²) >= 11 is 6.21. The van der Waals surface area contributed by atoms with Crippen LogP contribution in [0, 0.1) is 5.92 Å². The fraction of sp³-hybridized carbons (Fsp3) is 0.462. The SMILES string of the molecule is O=CCCc1cccc(OCC2CC2)c1Cl. The molecule has 0 N–H and O–H groups in total. The van der Waals surface area contributed by atoms with Crippen LogP contribution in [-0.2, 0) is 11.2 Å². The van der Waals surface area contributed by atoms with Crippen molar-refractivity contribution < 1.29 is 9.53 Å². The van der Waals surface area contributed by atoms with Crippen molar-refractivity contribution in [2.75, 3.05) is 6.61 Å². The lowest BCUT2D eigenvalue weighted by Crippen LogP contribution is -2.00. The lowest BCUT2D eigenvalue weighted by molar-refractivity contribution is -0.107. The van der Waals surface area contributed by atoms with Gasteiger partial charge in [-0.25, -0.2) is 0 Å². The van der Waals surface area contributed by atoms with Crippen molar-refractivity contribution in [3.63, 3.8) is 0 Å². The van der Waals surface area contributed by atoms with Gasteiger partial charge in [-0.3, -0.25) is 0 Å². The zero-order valence-corrected chi connectivity index (χ0v) is 9.87. The third-order valence-corrected chi connectivity index (χ3v) is 3.18. The van der Waals surface area contributed by atoms with Crippen LogP contribution in [0.25, 0.3) is 0 Å². The van der Waals surface area contributed by atoms with Crippen molar-refractivity contribution in [3.05, 3.63) is 28.8 Å². The molecule has 0 saturated heterocycles. The number of hydrogen-bond acceptors (Lipinski definition) is 2. The smallest absolute Gasteiger partial charge is 0.138 e. The molecule has 2 nitrogen and oxygen atoms in total. The van der Waals surface area contributed by atoms with E-state index in [1.807, 2.05) is 18.2 Å². The third kappa shape index (κ3) is 2.99. The van der Waals surface area contributed by atoms with Gasteiger partial charge >= 0.3 is 0 Å². The summed E-state index contributed by atoms with van der Waals surface area (Å²) in [6.07, 6.45) is 4.63. The van der Waals surface area contributed by atoms with Gasteiger partial charge in [0, 0.05) is 6.42 Å². The Morgan fingerprint density at radius 3 is 2.94 bits per heavy atom. The Labute approximate surface area is 101 Å². The van der Waals surface area contributed by atoms with Crippen LogP contribution in [0.2, 0.25) is 5.02 Å². The molecule has 1 aromatic carbocycles. The van der Waals surface area contributed by atoms with Crippen molar-refractivity contribution in [1.82, 2.24) is 0 Å². The number of hydrogen-bond donors (Lipinski definition) is 0. The van der Waals surface area contributed by atoms with Gasteiger partial charge < -0.3 is 9.53 Å². The van der Waals surface area contributed by atoms with E-state index in [0.29, 0.717) is 17.9 Å². The number of aldehydes is 1. The molecule has 1 fully saturated rings. The molecule has 1 aliphatic carbocycles. The van der Waals surface area contributed by atoms with Crippen LogP contribution in [0.5, 0.6) is 5.75 Å². The molecule has 0 atom stereocenters. The van der Waals surface area contributed by atoms with Gasteiger partial charge in [-0.15, -0.1) is 0 Å². The zero-order chi connectivity index (χ0) is 11.4. The quantitative estimate of drug-likeness (QED) is 0.711. The standard InChI is InChI=1S/C13H15ClO2/c14-13-11(4-2-8-15)3-1-5-12(13)16-9-10-6-7-10/h1,3,5,8,10H,2,4,6-7,9H2. The maximum absolute atomic E-state index is 10.3. The van der Waals surface area contributed by atoms with E-state index in [9.17, 15) is 4.79 Å². The van der Waals surface area contributed by atoms with E-state index in [-0.39, 0.29) is 0 Å². The monoisotopic (exact) mass is 238 g/mol. The highest BCUT2D eigenvalue weighted by atomic mass is 35.5. The summed E-state index contributed by atoms with van der Waals surface area (Å²) in [6, 6.07) is 5.75. The molecule has 0 spiro atoms. The highest BCUT2D eigenvalue weighted by Gasteiger charge is 2.22. The van der Waals surface area contributed by atoms with E-state index >= 15 is 0 Å². The lowest BCUT2D eigenvalue weighted by Gasteiger charge is -2.10. The second kappa shape index (κ2) is 5.35. The molecule has 0 amide bonds.